The van der Waals surface area contributed by atoms with Crippen molar-refractivity contribution in [2.45, 2.75) is 6.61 Å². The zero-order valence-electron chi connectivity index (χ0n) is 12.6. The molecule has 124 valence electrons. The molecule has 0 amide bonds. The molecule has 0 fully saturated rings. The van der Waals surface area contributed by atoms with Crippen molar-refractivity contribution in [2.24, 2.45) is 0 Å². The summed E-state index contributed by atoms with van der Waals surface area (Å²) in [6.07, 6.45) is 0. The van der Waals surface area contributed by atoms with Gasteiger partial charge in [0.05, 0.1) is 12.7 Å². The maximum absolute atomic E-state index is 13.9. The molecule has 3 aromatic carbocycles. The first-order chi connectivity index (χ1) is 11.5. The lowest BCUT2D eigenvalue weighted by Gasteiger charge is -2.10. The molecule has 3 aromatic rings. The van der Waals surface area contributed by atoms with Gasteiger partial charge in [-0.05, 0) is 35.0 Å². The summed E-state index contributed by atoms with van der Waals surface area (Å²) in [4.78, 5) is 0. The molecule has 0 radical (unpaired) electrons. The van der Waals surface area contributed by atoms with Crippen LogP contribution in [0.3, 0.4) is 0 Å². The van der Waals surface area contributed by atoms with Crippen LogP contribution in [-0.2, 0) is 6.61 Å². The summed E-state index contributed by atoms with van der Waals surface area (Å²) in [5.41, 5.74) is -0.249. The molecule has 0 bridgehead atoms. The fourth-order valence-corrected chi connectivity index (χ4v) is 2.30. The standard InChI is InChI=1S/C18H12F4O2/c1-23-13-7-15(19)14(16(20)8-13)9-24-12-3-2-10-5-17(21)18(22)6-11(10)4-12/h2-8H,9H2,1H3. The first-order valence-corrected chi connectivity index (χ1v) is 7.01. The zero-order valence-corrected chi connectivity index (χ0v) is 12.6. The number of rotatable bonds is 4. The van der Waals surface area contributed by atoms with E-state index >= 15 is 0 Å². The molecule has 2 nitrogen and oxygen atoms in total. The molecule has 6 heteroatoms. The zero-order chi connectivity index (χ0) is 17.3. The van der Waals surface area contributed by atoms with Crippen molar-refractivity contribution in [3.05, 3.63) is 71.3 Å². The Bertz CT molecular complexity index is 886. The van der Waals surface area contributed by atoms with Crippen molar-refractivity contribution in [1.82, 2.24) is 0 Å². The Morgan fingerprint density at radius 3 is 1.96 bits per heavy atom. The second-order valence-corrected chi connectivity index (χ2v) is 5.13. The summed E-state index contributed by atoms with van der Waals surface area (Å²) >= 11 is 0. The Morgan fingerprint density at radius 1 is 0.708 bits per heavy atom. The largest absolute Gasteiger partial charge is 0.497 e. The summed E-state index contributed by atoms with van der Waals surface area (Å²) in [6, 6.07) is 8.73. The van der Waals surface area contributed by atoms with Gasteiger partial charge in [0.15, 0.2) is 11.6 Å². The van der Waals surface area contributed by atoms with E-state index in [4.69, 9.17) is 9.47 Å². The minimum absolute atomic E-state index is 0.0666. The van der Waals surface area contributed by atoms with Crippen molar-refractivity contribution in [1.29, 1.82) is 0 Å². The van der Waals surface area contributed by atoms with E-state index in [9.17, 15) is 17.6 Å². The van der Waals surface area contributed by atoms with Gasteiger partial charge < -0.3 is 9.47 Å². The Hall–Kier alpha value is -2.76. The molecule has 0 aliphatic heterocycles. The van der Waals surface area contributed by atoms with Gasteiger partial charge in [0.2, 0.25) is 0 Å². The van der Waals surface area contributed by atoms with Crippen LogP contribution in [0.1, 0.15) is 5.56 Å². The van der Waals surface area contributed by atoms with Crippen molar-refractivity contribution in [2.75, 3.05) is 7.11 Å². The van der Waals surface area contributed by atoms with Crippen LogP contribution in [-0.4, -0.2) is 7.11 Å². The minimum atomic E-state index is -0.980. The molecule has 0 aliphatic carbocycles. The van der Waals surface area contributed by atoms with Crippen LogP contribution in [0.15, 0.2) is 42.5 Å². The van der Waals surface area contributed by atoms with Crippen molar-refractivity contribution >= 4 is 10.8 Å². The van der Waals surface area contributed by atoms with Gasteiger partial charge in [-0.3, -0.25) is 0 Å². The van der Waals surface area contributed by atoms with Crippen molar-refractivity contribution in [3.8, 4) is 11.5 Å². The highest BCUT2D eigenvalue weighted by molar-refractivity contribution is 5.84. The number of hydrogen-bond donors (Lipinski definition) is 0. The molecule has 0 aliphatic rings. The molecule has 0 saturated heterocycles. The summed E-state index contributed by atoms with van der Waals surface area (Å²) < 4.78 is 64.3. The van der Waals surface area contributed by atoms with Crippen LogP contribution < -0.4 is 9.47 Å². The quantitative estimate of drug-likeness (QED) is 0.625. The summed E-state index contributed by atoms with van der Waals surface area (Å²) in [6.45, 7) is -0.350. The monoisotopic (exact) mass is 336 g/mol. The second-order valence-electron chi connectivity index (χ2n) is 5.13. The second kappa shape index (κ2) is 6.39. The third-order valence-corrected chi connectivity index (χ3v) is 3.58. The van der Waals surface area contributed by atoms with E-state index in [-0.39, 0.29) is 23.7 Å². The number of hydrogen-bond acceptors (Lipinski definition) is 2. The molecule has 0 heterocycles. The van der Waals surface area contributed by atoms with E-state index in [2.05, 4.69) is 0 Å². The minimum Gasteiger partial charge on any atom is -0.497 e. The average molecular weight is 336 g/mol. The average Bonchev–Trinajstić information content (AvgIpc) is 2.55. The van der Waals surface area contributed by atoms with Gasteiger partial charge in [0.25, 0.3) is 0 Å². The number of halogens is 4. The molecule has 0 atom stereocenters. The lowest BCUT2D eigenvalue weighted by molar-refractivity contribution is 0.291. The molecular formula is C18H12F4O2. The van der Waals surface area contributed by atoms with Crippen LogP contribution >= 0.6 is 0 Å². The molecule has 0 N–H and O–H groups in total. The third kappa shape index (κ3) is 3.13. The Balaban J connectivity index is 1.84. The maximum atomic E-state index is 13.9. The lowest BCUT2D eigenvalue weighted by Crippen LogP contribution is -2.03. The third-order valence-electron chi connectivity index (χ3n) is 3.58. The van der Waals surface area contributed by atoms with E-state index in [0.717, 1.165) is 24.3 Å². The van der Waals surface area contributed by atoms with Gasteiger partial charge in [-0.25, -0.2) is 17.6 Å². The normalized spacial score (nSPS) is 10.9. The van der Waals surface area contributed by atoms with Crippen LogP contribution in [0, 0.1) is 23.3 Å². The summed E-state index contributed by atoms with van der Waals surface area (Å²) in [5.74, 6) is -3.16. The predicted octanol–water partition coefficient (Wildman–Crippen LogP) is 4.98. The maximum Gasteiger partial charge on any atom is 0.159 e. The number of methoxy groups -OCH3 is 1. The van der Waals surface area contributed by atoms with Gasteiger partial charge in [0.1, 0.15) is 29.7 Å². The SMILES string of the molecule is COc1cc(F)c(COc2ccc3cc(F)c(F)cc3c2)c(F)c1. The van der Waals surface area contributed by atoms with E-state index in [1.54, 1.807) is 0 Å². The van der Waals surface area contributed by atoms with E-state index in [0.29, 0.717) is 10.8 Å². The van der Waals surface area contributed by atoms with E-state index in [1.165, 1.54) is 25.3 Å². The highest BCUT2D eigenvalue weighted by atomic mass is 19.2. The fourth-order valence-electron chi connectivity index (χ4n) is 2.30. The number of fused-ring (bicyclic) bond motifs is 1. The van der Waals surface area contributed by atoms with E-state index < -0.39 is 23.3 Å². The van der Waals surface area contributed by atoms with Gasteiger partial charge >= 0.3 is 0 Å². The Morgan fingerprint density at radius 2 is 1.33 bits per heavy atom. The molecule has 0 unspecified atom stereocenters. The Labute approximate surface area is 135 Å². The summed E-state index contributed by atoms with van der Waals surface area (Å²) in [7, 11) is 1.31. The van der Waals surface area contributed by atoms with Crippen LogP contribution in [0.5, 0.6) is 11.5 Å². The highest BCUT2D eigenvalue weighted by Gasteiger charge is 2.13. The van der Waals surface area contributed by atoms with Crippen molar-refractivity contribution in [3.63, 3.8) is 0 Å². The van der Waals surface area contributed by atoms with Gasteiger partial charge in [-0.2, -0.15) is 0 Å². The van der Waals surface area contributed by atoms with Crippen molar-refractivity contribution < 1.29 is 27.0 Å². The molecule has 0 aromatic heterocycles. The molecule has 0 spiro atoms. The predicted molar refractivity (Wildman–Crippen MR) is 81.1 cm³/mol. The van der Waals surface area contributed by atoms with Crippen LogP contribution in [0.4, 0.5) is 17.6 Å². The van der Waals surface area contributed by atoms with Crippen LogP contribution in [0.25, 0.3) is 10.8 Å². The highest BCUT2D eigenvalue weighted by Crippen LogP contribution is 2.26. The molecular weight excluding hydrogens is 324 g/mol. The molecule has 24 heavy (non-hydrogen) atoms. The van der Waals surface area contributed by atoms with Gasteiger partial charge in [0, 0.05) is 12.1 Å². The Kier molecular flexibility index (Phi) is 4.29. The first-order valence-electron chi connectivity index (χ1n) is 7.01. The first kappa shape index (κ1) is 16.1. The van der Waals surface area contributed by atoms with Crippen LogP contribution in [0.2, 0.25) is 0 Å². The molecule has 0 saturated carbocycles. The fraction of sp³-hybridized carbons (Fsp3) is 0.111. The van der Waals surface area contributed by atoms with Gasteiger partial charge in [-0.15, -0.1) is 0 Å². The molecule has 3 rings (SSSR count). The van der Waals surface area contributed by atoms with Gasteiger partial charge in [-0.1, -0.05) is 6.07 Å². The lowest BCUT2D eigenvalue weighted by atomic mass is 10.1. The smallest absolute Gasteiger partial charge is 0.159 e. The summed E-state index contributed by atoms with van der Waals surface area (Å²) in [5, 5.41) is 0.908. The van der Waals surface area contributed by atoms with E-state index in [1.807, 2.05) is 0 Å². The topological polar surface area (TPSA) is 18.5 Å². The number of ether oxygens (including phenoxy) is 2. The number of benzene rings is 3.